The molecule has 1 fully saturated rings. The van der Waals surface area contributed by atoms with Gasteiger partial charge < -0.3 is 20.9 Å². The van der Waals surface area contributed by atoms with Crippen molar-refractivity contribution in [2.75, 3.05) is 44.0 Å². The summed E-state index contributed by atoms with van der Waals surface area (Å²) in [5, 5.41) is 20.4. The molecule has 148 valence electrons. The van der Waals surface area contributed by atoms with Crippen molar-refractivity contribution in [3.8, 4) is 0 Å². The number of hydrogen-bond acceptors (Lipinski definition) is 7. The van der Waals surface area contributed by atoms with E-state index in [0.717, 1.165) is 30.7 Å². The number of aliphatic hydroxyl groups excluding tert-OH is 1. The molecule has 0 aromatic carbocycles. The van der Waals surface area contributed by atoms with Crippen LogP contribution in [0.25, 0.3) is 11.0 Å². The van der Waals surface area contributed by atoms with Crippen LogP contribution in [0, 0.1) is 0 Å². The molecule has 4 rings (SSSR count). The topological polar surface area (TPSA) is 112 Å². The average molecular weight is 374 g/mol. The van der Waals surface area contributed by atoms with Gasteiger partial charge in [-0.3, -0.25) is 10.00 Å². The quantitative estimate of drug-likeness (QED) is 0.545. The first-order chi connectivity index (χ1) is 13.3. The lowest BCUT2D eigenvalue weighted by molar-refractivity contribution is 0.0991. The van der Waals surface area contributed by atoms with Gasteiger partial charge in [-0.05, 0) is 24.8 Å². The number of nitrogen functional groups attached to an aromatic ring is 1. The molecule has 0 atom stereocenters. The number of rotatable bonds is 7. The fourth-order valence-electron chi connectivity index (χ4n) is 4.49. The Morgan fingerprint density at radius 2 is 2.07 bits per heavy atom. The van der Waals surface area contributed by atoms with E-state index in [1.54, 1.807) is 0 Å². The number of nitrogens with zero attached hydrogens (tertiary/aromatic N) is 3. The SMILES string of the molecule is Nc1[nH]nc2nc(NCCOCCO)c3c(c12)CCN(C1CCCCC1)C3. The highest BCUT2D eigenvalue weighted by atomic mass is 16.5. The molecule has 1 aliphatic carbocycles. The van der Waals surface area contributed by atoms with Crippen LogP contribution in [0.2, 0.25) is 0 Å². The van der Waals surface area contributed by atoms with Crippen LogP contribution >= 0.6 is 0 Å². The normalized spacial score (nSPS) is 18.7. The average Bonchev–Trinajstić information content (AvgIpc) is 3.09. The predicted molar refractivity (Wildman–Crippen MR) is 106 cm³/mol. The Balaban J connectivity index is 1.58. The molecule has 8 heteroatoms. The molecule has 0 amide bonds. The molecule has 1 saturated carbocycles. The number of anilines is 2. The van der Waals surface area contributed by atoms with E-state index in [9.17, 15) is 0 Å². The molecule has 0 saturated heterocycles. The number of pyridine rings is 1. The zero-order valence-corrected chi connectivity index (χ0v) is 15.8. The molecule has 8 nitrogen and oxygen atoms in total. The Labute approximate surface area is 159 Å². The van der Waals surface area contributed by atoms with Gasteiger partial charge in [0, 0.05) is 31.2 Å². The van der Waals surface area contributed by atoms with E-state index in [1.165, 1.54) is 43.2 Å². The van der Waals surface area contributed by atoms with Crippen molar-refractivity contribution in [1.82, 2.24) is 20.1 Å². The molecule has 3 heterocycles. The molecule has 0 radical (unpaired) electrons. The maximum absolute atomic E-state index is 8.83. The summed E-state index contributed by atoms with van der Waals surface area (Å²) in [6.07, 6.45) is 7.63. The Kier molecular flexibility index (Phi) is 5.75. The van der Waals surface area contributed by atoms with Crippen LogP contribution in [-0.4, -0.2) is 64.1 Å². The van der Waals surface area contributed by atoms with Crippen molar-refractivity contribution in [1.29, 1.82) is 0 Å². The Bertz CT molecular complexity index is 771. The van der Waals surface area contributed by atoms with Gasteiger partial charge in [0.1, 0.15) is 11.6 Å². The molecule has 0 bridgehead atoms. The van der Waals surface area contributed by atoms with Crippen molar-refractivity contribution in [2.45, 2.75) is 51.1 Å². The van der Waals surface area contributed by atoms with Gasteiger partial charge in [-0.2, -0.15) is 5.10 Å². The van der Waals surface area contributed by atoms with Crippen LogP contribution in [0.3, 0.4) is 0 Å². The van der Waals surface area contributed by atoms with Crippen LogP contribution in [0.1, 0.15) is 43.2 Å². The van der Waals surface area contributed by atoms with E-state index in [0.29, 0.717) is 37.3 Å². The first-order valence-corrected chi connectivity index (χ1v) is 10.1. The lowest BCUT2D eigenvalue weighted by Crippen LogP contribution is -2.40. The summed E-state index contributed by atoms with van der Waals surface area (Å²) in [5.74, 6) is 1.50. The third-order valence-corrected chi connectivity index (χ3v) is 5.82. The molecule has 27 heavy (non-hydrogen) atoms. The van der Waals surface area contributed by atoms with Gasteiger partial charge in [-0.1, -0.05) is 19.3 Å². The number of ether oxygens (including phenoxy) is 1. The molecule has 2 aliphatic rings. The number of aliphatic hydroxyl groups is 1. The van der Waals surface area contributed by atoms with E-state index < -0.39 is 0 Å². The number of aromatic amines is 1. The summed E-state index contributed by atoms with van der Waals surface area (Å²) >= 11 is 0. The van der Waals surface area contributed by atoms with Gasteiger partial charge in [0.25, 0.3) is 0 Å². The van der Waals surface area contributed by atoms with E-state index in [2.05, 4.69) is 20.4 Å². The highest BCUT2D eigenvalue weighted by molar-refractivity contribution is 5.92. The van der Waals surface area contributed by atoms with Gasteiger partial charge in [0.05, 0.1) is 25.2 Å². The smallest absolute Gasteiger partial charge is 0.185 e. The van der Waals surface area contributed by atoms with Gasteiger partial charge in [0.15, 0.2) is 5.65 Å². The monoisotopic (exact) mass is 374 g/mol. The summed E-state index contributed by atoms with van der Waals surface area (Å²) in [6, 6.07) is 0.685. The van der Waals surface area contributed by atoms with Crippen LogP contribution in [0.5, 0.6) is 0 Å². The fraction of sp³-hybridized carbons (Fsp3) is 0.684. The highest BCUT2D eigenvalue weighted by Gasteiger charge is 2.29. The zero-order chi connectivity index (χ0) is 18.6. The van der Waals surface area contributed by atoms with Crippen molar-refractivity contribution >= 4 is 22.7 Å². The molecule has 0 spiro atoms. The van der Waals surface area contributed by atoms with E-state index >= 15 is 0 Å². The fourth-order valence-corrected chi connectivity index (χ4v) is 4.49. The van der Waals surface area contributed by atoms with Gasteiger partial charge in [-0.25, -0.2) is 4.98 Å². The minimum atomic E-state index is 0.0441. The van der Waals surface area contributed by atoms with Gasteiger partial charge in [-0.15, -0.1) is 0 Å². The first kappa shape index (κ1) is 18.5. The molecule has 5 N–H and O–H groups in total. The Hall–Kier alpha value is -1.90. The maximum atomic E-state index is 8.83. The van der Waals surface area contributed by atoms with E-state index in [-0.39, 0.29) is 6.61 Å². The van der Waals surface area contributed by atoms with E-state index in [1.807, 2.05) is 0 Å². The van der Waals surface area contributed by atoms with Crippen molar-refractivity contribution < 1.29 is 9.84 Å². The third-order valence-electron chi connectivity index (χ3n) is 5.82. The number of aromatic nitrogens is 3. The standard InChI is InChI=1S/C19H30N6O2/c20-17-16-14-6-8-25(13-4-2-1-3-5-13)12-15(14)18(22-19(16)24-23-17)21-7-10-27-11-9-26/h13,26H,1-12H2,(H4,20,21,22,23,24). The largest absolute Gasteiger partial charge is 0.394 e. The Morgan fingerprint density at radius 1 is 1.22 bits per heavy atom. The number of fused-ring (bicyclic) bond motifs is 3. The lowest BCUT2D eigenvalue weighted by Gasteiger charge is -2.38. The Morgan fingerprint density at radius 3 is 2.89 bits per heavy atom. The molecule has 1 aliphatic heterocycles. The maximum Gasteiger partial charge on any atom is 0.185 e. The third kappa shape index (κ3) is 3.88. The number of hydrogen-bond donors (Lipinski definition) is 4. The second kappa shape index (κ2) is 8.41. The van der Waals surface area contributed by atoms with Gasteiger partial charge in [0.2, 0.25) is 0 Å². The van der Waals surface area contributed by atoms with Crippen LogP contribution in [0.15, 0.2) is 0 Å². The number of nitrogens with one attached hydrogen (secondary N) is 2. The van der Waals surface area contributed by atoms with Crippen LogP contribution < -0.4 is 11.1 Å². The van der Waals surface area contributed by atoms with Crippen LogP contribution in [0.4, 0.5) is 11.6 Å². The highest BCUT2D eigenvalue weighted by Crippen LogP contribution is 2.35. The zero-order valence-electron chi connectivity index (χ0n) is 15.8. The molecule has 2 aromatic rings. The van der Waals surface area contributed by atoms with Crippen molar-refractivity contribution in [2.24, 2.45) is 0 Å². The summed E-state index contributed by atoms with van der Waals surface area (Å²) < 4.78 is 5.36. The predicted octanol–water partition coefficient (Wildman–Crippen LogP) is 1.65. The summed E-state index contributed by atoms with van der Waals surface area (Å²) in [6.45, 7) is 3.56. The summed E-state index contributed by atoms with van der Waals surface area (Å²) in [4.78, 5) is 7.37. The number of H-pyrrole nitrogens is 1. The summed E-state index contributed by atoms with van der Waals surface area (Å²) in [5.41, 5.74) is 9.34. The molecule has 2 aromatic heterocycles. The minimum Gasteiger partial charge on any atom is -0.394 e. The number of nitrogens with two attached hydrogens (primary N) is 1. The molecule has 0 unspecified atom stereocenters. The first-order valence-electron chi connectivity index (χ1n) is 10.1. The van der Waals surface area contributed by atoms with Crippen LogP contribution in [-0.2, 0) is 17.7 Å². The van der Waals surface area contributed by atoms with Crippen molar-refractivity contribution in [3.63, 3.8) is 0 Å². The summed E-state index contributed by atoms with van der Waals surface area (Å²) in [7, 11) is 0. The van der Waals surface area contributed by atoms with Gasteiger partial charge >= 0.3 is 0 Å². The minimum absolute atomic E-state index is 0.0441. The molecular weight excluding hydrogens is 344 g/mol. The second-order valence-electron chi connectivity index (χ2n) is 7.53. The lowest BCUT2D eigenvalue weighted by atomic mass is 9.90. The van der Waals surface area contributed by atoms with E-state index in [4.69, 9.17) is 20.6 Å². The second-order valence-corrected chi connectivity index (χ2v) is 7.53. The molecular formula is C19H30N6O2. The van der Waals surface area contributed by atoms with Crippen molar-refractivity contribution in [3.05, 3.63) is 11.1 Å².